The van der Waals surface area contributed by atoms with Crippen LogP contribution in [0.25, 0.3) is 11.0 Å². The van der Waals surface area contributed by atoms with E-state index in [0.717, 1.165) is 35.7 Å². The number of halogens is 1. The maximum absolute atomic E-state index is 12.0. The van der Waals surface area contributed by atoms with E-state index in [4.69, 9.17) is 4.42 Å². The number of alkyl halides is 1. The number of hydrogen-bond acceptors (Lipinski definition) is 2. The van der Waals surface area contributed by atoms with Crippen LogP contribution in [0.4, 0.5) is 0 Å². The first-order valence-corrected chi connectivity index (χ1v) is 7.75. The Morgan fingerprint density at radius 1 is 1.16 bits per heavy atom. The molecule has 0 aliphatic heterocycles. The molecule has 0 bridgehead atoms. The van der Waals surface area contributed by atoms with E-state index in [2.05, 4.69) is 21.2 Å². The minimum absolute atomic E-state index is 0.0505. The second-order valence-electron chi connectivity index (χ2n) is 4.50. The lowest BCUT2D eigenvalue weighted by molar-refractivity contribution is 0.0953. The third kappa shape index (κ3) is 3.83. The van der Waals surface area contributed by atoms with E-state index in [1.807, 2.05) is 24.3 Å². The quantitative estimate of drug-likeness (QED) is 0.615. The molecule has 0 radical (unpaired) electrons. The maximum atomic E-state index is 12.0. The molecule has 0 saturated carbocycles. The van der Waals surface area contributed by atoms with E-state index in [1.54, 1.807) is 0 Å². The Morgan fingerprint density at radius 2 is 1.95 bits per heavy atom. The summed E-state index contributed by atoms with van der Waals surface area (Å²) in [7, 11) is 0. The van der Waals surface area contributed by atoms with E-state index in [-0.39, 0.29) is 5.91 Å². The molecule has 0 unspecified atom stereocenters. The Bertz CT molecular complexity index is 536. The molecule has 0 spiro atoms. The van der Waals surface area contributed by atoms with E-state index in [1.165, 1.54) is 19.1 Å². The molecule has 0 atom stereocenters. The van der Waals surface area contributed by atoms with Gasteiger partial charge in [-0.25, -0.2) is 0 Å². The van der Waals surface area contributed by atoms with Crippen molar-refractivity contribution in [1.29, 1.82) is 0 Å². The number of nitrogens with one attached hydrogen (secondary N) is 1. The van der Waals surface area contributed by atoms with Crippen molar-refractivity contribution < 1.29 is 9.21 Å². The van der Waals surface area contributed by atoms with Gasteiger partial charge in [0, 0.05) is 17.3 Å². The molecule has 0 aliphatic rings. The minimum atomic E-state index is -0.0505. The van der Waals surface area contributed by atoms with Gasteiger partial charge in [-0.05, 0) is 18.9 Å². The third-order valence-electron chi connectivity index (χ3n) is 3.07. The first-order valence-electron chi connectivity index (χ1n) is 6.63. The fraction of sp³-hybridized carbons (Fsp3) is 0.400. The molecular weight excluding hydrogens is 306 g/mol. The fourth-order valence-electron chi connectivity index (χ4n) is 2.02. The van der Waals surface area contributed by atoms with E-state index in [0.29, 0.717) is 5.56 Å². The van der Waals surface area contributed by atoms with Gasteiger partial charge in [-0.1, -0.05) is 47.0 Å². The number of furan rings is 1. The SMILES string of the molecule is O=C(NCCCCCCBr)c1coc2ccccc12. The number of para-hydroxylation sites is 1. The topological polar surface area (TPSA) is 42.2 Å². The van der Waals surface area contributed by atoms with Crippen LogP contribution in [0.2, 0.25) is 0 Å². The molecule has 1 aromatic heterocycles. The molecule has 2 rings (SSSR count). The number of carbonyl (C=O) groups is 1. The van der Waals surface area contributed by atoms with Gasteiger partial charge in [0.25, 0.3) is 5.91 Å². The predicted molar refractivity (Wildman–Crippen MR) is 80.8 cm³/mol. The molecule has 3 nitrogen and oxygen atoms in total. The lowest BCUT2D eigenvalue weighted by Gasteiger charge is -2.03. The van der Waals surface area contributed by atoms with Gasteiger partial charge >= 0.3 is 0 Å². The summed E-state index contributed by atoms with van der Waals surface area (Å²) in [5.74, 6) is -0.0505. The predicted octanol–water partition coefficient (Wildman–Crippen LogP) is 4.12. The zero-order valence-electron chi connectivity index (χ0n) is 10.8. The van der Waals surface area contributed by atoms with Gasteiger partial charge in [-0.15, -0.1) is 0 Å². The van der Waals surface area contributed by atoms with Gasteiger partial charge in [-0.3, -0.25) is 4.79 Å². The van der Waals surface area contributed by atoms with E-state index < -0.39 is 0 Å². The summed E-state index contributed by atoms with van der Waals surface area (Å²) >= 11 is 3.41. The molecule has 1 heterocycles. The van der Waals surface area contributed by atoms with Crippen LogP contribution in [0.3, 0.4) is 0 Å². The lowest BCUT2D eigenvalue weighted by Crippen LogP contribution is -2.24. The van der Waals surface area contributed by atoms with Crippen molar-refractivity contribution in [1.82, 2.24) is 5.32 Å². The Balaban J connectivity index is 1.83. The number of amides is 1. The summed E-state index contributed by atoms with van der Waals surface area (Å²) < 4.78 is 5.36. The number of benzene rings is 1. The second-order valence-corrected chi connectivity index (χ2v) is 5.30. The molecule has 1 amide bonds. The van der Waals surface area contributed by atoms with Gasteiger partial charge in [-0.2, -0.15) is 0 Å². The zero-order chi connectivity index (χ0) is 13.5. The van der Waals surface area contributed by atoms with Crippen LogP contribution >= 0.6 is 15.9 Å². The Hall–Kier alpha value is -1.29. The zero-order valence-corrected chi connectivity index (χ0v) is 12.4. The highest BCUT2D eigenvalue weighted by atomic mass is 79.9. The average Bonchev–Trinajstić information content (AvgIpc) is 2.86. The van der Waals surface area contributed by atoms with Crippen LogP contribution in [0.1, 0.15) is 36.0 Å². The van der Waals surface area contributed by atoms with Crippen molar-refractivity contribution in [2.24, 2.45) is 0 Å². The number of fused-ring (bicyclic) bond motifs is 1. The maximum Gasteiger partial charge on any atom is 0.255 e. The van der Waals surface area contributed by atoms with Crippen molar-refractivity contribution in [3.05, 3.63) is 36.1 Å². The van der Waals surface area contributed by atoms with Gasteiger partial charge in [0.1, 0.15) is 11.8 Å². The van der Waals surface area contributed by atoms with Gasteiger partial charge in [0.15, 0.2) is 0 Å². The molecule has 0 aliphatic carbocycles. The van der Waals surface area contributed by atoms with Crippen LogP contribution < -0.4 is 5.32 Å². The van der Waals surface area contributed by atoms with Crippen LogP contribution in [0, 0.1) is 0 Å². The van der Waals surface area contributed by atoms with Crippen molar-refractivity contribution in [3.8, 4) is 0 Å². The second kappa shape index (κ2) is 7.34. The molecule has 0 saturated heterocycles. The summed E-state index contributed by atoms with van der Waals surface area (Å²) in [6.45, 7) is 0.723. The minimum Gasteiger partial charge on any atom is -0.463 e. The van der Waals surface area contributed by atoms with Gasteiger partial charge in [0.2, 0.25) is 0 Å². The lowest BCUT2D eigenvalue weighted by atomic mass is 10.1. The molecular formula is C15H18BrNO2. The summed E-state index contributed by atoms with van der Waals surface area (Å²) in [6.07, 6.45) is 6.10. The van der Waals surface area contributed by atoms with Crippen molar-refractivity contribution in [2.75, 3.05) is 11.9 Å². The highest BCUT2D eigenvalue weighted by Gasteiger charge is 2.12. The average molecular weight is 324 g/mol. The number of rotatable bonds is 7. The summed E-state index contributed by atoms with van der Waals surface area (Å²) in [6, 6.07) is 7.59. The summed E-state index contributed by atoms with van der Waals surface area (Å²) in [4.78, 5) is 12.0. The summed E-state index contributed by atoms with van der Waals surface area (Å²) in [5.41, 5.74) is 1.38. The van der Waals surface area contributed by atoms with Crippen LogP contribution in [0.5, 0.6) is 0 Å². The van der Waals surface area contributed by atoms with Crippen LogP contribution in [-0.4, -0.2) is 17.8 Å². The molecule has 0 fully saturated rings. The molecule has 4 heteroatoms. The number of unbranched alkanes of at least 4 members (excludes halogenated alkanes) is 3. The molecule has 1 N–H and O–H groups in total. The Kier molecular flexibility index (Phi) is 5.45. The standard InChI is InChI=1S/C15H18BrNO2/c16-9-5-1-2-6-10-17-15(18)13-11-19-14-8-4-3-7-12(13)14/h3-4,7-8,11H,1-2,5-6,9-10H2,(H,17,18). The Labute approximate surface area is 121 Å². The largest absolute Gasteiger partial charge is 0.463 e. The first kappa shape index (κ1) is 14.1. The normalized spacial score (nSPS) is 10.8. The molecule has 19 heavy (non-hydrogen) atoms. The van der Waals surface area contributed by atoms with Crippen LogP contribution in [0.15, 0.2) is 34.9 Å². The van der Waals surface area contributed by atoms with E-state index in [9.17, 15) is 4.79 Å². The monoisotopic (exact) mass is 323 g/mol. The Morgan fingerprint density at radius 3 is 2.79 bits per heavy atom. The van der Waals surface area contributed by atoms with Crippen molar-refractivity contribution in [3.63, 3.8) is 0 Å². The number of carbonyl (C=O) groups excluding carboxylic acids is 1. The number of hydrogen-bond donors (Lipinski definition) is 1. The fourth-order valence-corrected chi connectivity index (χ4v) is 2.42. The first-order chi connectivity index (χ1) is 9.33. The third-order valence-corrected chi connectivity index (χ3v) is 3.63. The smallest absolute Gasteiger partial charge is 0.255 e. The van der Waals surface area contributed by atoms with Gasteiger partial charge in [0.05, 0.1) is 5.56 Å². The molecule has 102 valence electrons. The van der Waals surface area contributed by atoms with E-state index >= 15 is 0 Å². The summed E-state index contributed by atoms with van der Waals surface area (Å²) in [5, 5.41) is 4.87. The molecule has 2 aromatic rings. The van der Waals surface area contributed by atoms with Crippen LogP contribution in [-0.2, 0) is 0 Å². The highest BCUT2D eigenvalue weighted by Crippen LogP contribution is 2.20. The highest BCUT2D eigenvalue weighted by molar-refractivity contribution is 9.09. The van der Waals surface area contributed by atoms with Gasteiger partial charge < -0.3 is 9.73 Å². The molecule has 1 aromatic carbocycles. The van der Waals surface area contributed by atoms with Crippen molar-refractivity contribution >= 4 is 32.8 Å². The van der Waals surface area contributed by atoms with Crippen molar-refractivity contribution in [2.45, 2.75) is 25.7 Å².